The van der Waals surface area contributed by atoms with E-state index >= 15 is 0 Å². The van der Waals surface area contributed by atoms with Crippen LogP contribution in [0.15, 0.2) is 65.6 Å². The zero-order valence-electron chi connectivity index (χ0n) is 14.9. The number of hydrogen-bond donors (Lipinski definition) is 0. The topological polar surface area (TPSA) is 37.4 Å². The van der Waals surface area contributed by atoms with Crippen LogP contribution in [0, 0.1) is 12.8 Å². The van der Waals surface area contributed by atoms with Gasteiger partial charge < -0.3 is 0 Å². The van der Waals surface area contributed by atoms with Crippen molar-refractivity contribution in [3.63, 3.8) is 0 Å². The lowest BCUT2D eigenvalue weighted by atomic mass is 9.94. The van der Waals surface area contributed by atoms with Gasteiger partial charge in [0, 0.05) is 13.1 Å². The summed E-state index contributed by atoms with van der Waals surface area (Å²) in [5.74, 6) is 0.435. The van der Waals surface area contributed by atoms with Gasteiger partial charge in [-0.3, -0.25) is 0 Å². The van der Waals surface area contributed by atoms with Crippen molar-refractivity contribution in [1.29, 1.82) is 0 Å². The summed E-state index contributed by atoms with van der Waals surface area (Å²) >= 11 is 0. The summed E-state index contributed by atoms with van der Waals surface area (Å²) in [7, 11) is -3.37. The molecule has 0 amide bonds. The van der Waals surface area contributed by atoms with Gasteiger partial charge in [-0.05, 0) is 55.9 Å². The Labute approximate surface area is 151 Å². The smallest absolute Gasteiger partial charge is 0.207 e. The first kappa shape index (κ1) is 17.9. The minimum Gasteiger partial charge on any atom is -0.207 e. The molecule has 0 aliphatic carbocycles. The third-order valence-electron chi connectivity index (χ3n) is 4.87. The molecule has 3 nitrogen and oxygen atoms in total. The third kappa shape index (κ3) is 4.20. The Morgan fingerprint density at radius 1 is 1.00 bits per heavy atom. The molecule has 0 bridgehead atoms. The van der Waals surface area contributed by atoms with E-state index in [1.165, 1.54) is 11.1 Å². The summed E-state index contributed by atoms with van der Waals surface area (Å²) in [6, 6.07) is 17.5. The lowest BCUT2D eigenvalue weighted by Gasteiger charge is -2.30. The van der Waals surface area contributed by atoms with Crippen molar-refractivity contribution in [3.05, 3.63) is 71.8 Å². The van der Waals surface area contributed by atoms with Gasteiger partial charge in [-0.25, -0.2) is 8.42 Å². The standard InChI is InChI=1S/C21H25NO2S/c1-17-8-10-21(11-9-17)25(23,24)22-14-12-19(13-15-22)16-18(2)20-6-4-3-5-7-20/h3-11,16,19H,12-15H2,1-2H3/b18-16+. The summed E-state index contributed by atoms with van der Waals surface area (Å²) < 4.78 is 27.1. The average Bonchev–Trinajstić information content (AvgIpc) is 2.63. The van der Waals surface area contributed by atoms with Crippen molar-refractivity contribution in [2.75, 3.05) is 13.1 Å². The largest absolute Gasteiger partial charge is 0.243 e. The van der Waals surface area contributed by atoms with E-state index in [-0.39, 0.29) is 0 Å². The molecule has 0 saturated carbocycles. The fourth-order valence-electron chi connectivity index (χ4n) is 3.29. The van der Waals surface area contributed by atoms with E-state index in [9.17, 15) is 8.42 Å². The molecule has 25 heavy (non-hydrogen) atoms. The van der Waals surface area contributed by atoms with E-state index in [1.807, 2.05) is 37.3 Å². The number of benzene rings is 2. The molecule has 0 radical (unpaired) electrons. The van der Waals surface area contributed by atoms with Gasteiger partial charge in [0.15, 0.2) is 0 Å². The minimum atomic E-state index is -3.37. The predicted molar refractivity (Wildman–Crippen MR) is 103 cm³/mol. The lowest BCUT2D eigenvalue weighted by Crippen LogP contribution is -2.38. The SMILES string of the molecule is C/C(=C\C1CCN(S(=O)(=O)c2ccc(C)cc2)CC1)c1ccccc1. The van der Waals surface area contributed by atoms with E-state index in [0.29, 0.717) is 23.9 Å². The highest BCUT2D eigenvalue weighted by Crippen LogP contribution is 2.27. The molecule has 1 heterocycles. The maximum atomic E-state index is 12.8. The molecular formula is C21H25NO2S. The Morgan fingerprint density at radius 2 is 1.60 bits per heavy atom. The highest BCUT2D eigenvalue weighted by molar-refractivity contribution is 7.89. The Bertz CT molecular complexity index is 831. The molecule has 1 fully saturated rings. The van der Waals surface area contributed by atoms with Crippen LogP contribution in [0.4, 0.5) is 0 Å². The van der Waals surface area contributed by atoms with Crippen LogP contribution >= 0.6 is 0 Å². The Balaban J connectivity index is 1.66. The highest BCUT2D eigenvalue weighted by atomic mass is 32.2. The molecule has 3 rings (SSSR count). The number of piperidine rings is 1. The van der Waals surface area contributed by atoms with Crippen LogP contribution in [0.1, 0.15) is 30.9 Å². The first-order chi connectivity index (χ1) is 12.0. The highest BCUT2D eigenvalue weighted by Gasteiger charge is 2.28. The van der Waals surface area contributed by atoms with Crippen LogP contribution in [-0.2, 0) is 10.0 Å². The second-order valence-electron chi connectivity index (χ2n) is 6.77. The van der Waals surface area contributed by atoms with Gasteiger partial charge in [-0.1, -0.05) is 54.1 Å². The van der Waals surface area contributed by atoms with Crippen LogP contribution < -0.4 is 0 Å². The van der Waals surface area contributed by atoms with Crippen LogP contribution in [0.2, 0.25) is 0 Å². The summed E-state index contributed by atoms with van der Waals surface area (Å²) in [6.45, 7) is 5.26. The number of sulfonamides is 1. The van der Waals surface area contributed by atoms with Gasteiger partial charge in [0.25, 0.3) is 0 Å². The van der Waals surface area contributed by atoms with Crippen molar-refractivity contribution in [2.45, 2.75) is 31.6 Å². The van der Waals surface area contributed by atoms with Crippen molar-refractivity contribution < 1.29 is 8.42 Å². The first-order valence-electron chi connectivity index (χ1n) is 8.77. The molecule has 1 saturated heterocycles. The first-order valence-corrected chi connectivity index (χ1v) is 10.2. The maximum Gasteiger partial charge on any atom is 0.243 e. The van der Waals surface area contributed by atoms with Crippen molar-refractivity contribution in [2.24, 2.45) is 5.92 Å². The van der Waals surface area contributed by atoms with Gasteiger partial charge in [0.2, 0.25) is 10.0 Å². The molecule has 2 aromatic carbocycles. The van der Waals surface area contributed by atoms with E-state index in [1.54, 1.807) is 16.4 Å². The predicted octanol–water partition coefficient (Wildman–Crippen LogP) is 4.50. The minimum absolute atomic E-state index is 0.396. The van der Waals surface area contributed by atoms with Crippen LogP contribution in [0.5, 0.6) is 0 Å². The molecule has 0 N–H and O–H groups in total. The van der Waals surface area contributed by atoms with Gasteiger partial charge >= 0.3 is 0 Å². The summed E-state index contributed by atoms with van der Waals surface area (Å²) in [5.41, 5.74) is 3.57. The lowest BCUT2D eigenvalue weighted by molar-refractivity contribution is 0.306. The van der Waals surface area contributed by atoms with Gasteiger partial charge in [0.05, 0.1) is 4.90 Å². The van der Waals surface area contributed by atoms with Crippen molar-refractivity contribution in [1.82, 2.24) is 4.31 Å². The molecule has 2 aromatic rings. The molecule has 1 aliphatic rings. The van der Waals surface area contributed by atoms with Crippen LogP contribution in [-0.4, -0.2) is 25.8 Å². The van der Waals surface area contributed by atoms with Gasteiger partial charge in [-0.2, -0.15) is 4.31 Å². The number of nitrogens with zero attached hydrogens (tertiary/aromatic N) is 1. The molecule has 0 unspecified atom stereocenters. The Hall–Kier alpha value is -1.91. The second kappa shape index (κ2) is 7.54. The van der Waals surface area contributed by atoms with Crippen LogP contribution in [0.3, 0.4) is 0 Å². The molecule has 0 spiro atoms. The quantitative estimate of drug-likeness (QED) is 0.810. The van der Waals surface area contributed by atoms with E-state index < -0.39 is 10.0 Å². The summed E-state index contributed by atoms with van der Waals surface area (Å²) in [5, 5.41) is 0. The molecule has 4 heteroatoms. The molecule has 1 aliphatic heterocycles. The number of rotatable bonds is 4. The molecular weight excluding hydrogens is 330 g/mol. The normalized spacial score (nSPS) is 17.6. The molecule has 132 valence electrons. The second-order valence-corrected chi connectivity index (χ2v) is 8.71. The van der Waals surface area contributed by atoms with E-state index in [0.717, 1.165) is 18.4 Å². The Morgan fingerprint density at radius 3 is 2.20 bits per heavy atom. The number of hydrogen-bond acceptors (Lipinski definition) is 2. The van der Waals surface area contributed by atoms with E-state index in [2.05, 4.69) is 25.1 Å². The summed E-state index contributed by atoms with van der Waals surface area (Å²) in [6.07, 6.45) is 4.04. The maximum absolute atomic E-state index is 12.8. The molecule has 0 atom stereocenters. The summed E-state index contributed by atoms with van der Waals surface area (Å²) in [4.78, 5) is 0.396. The van der Waals surface area contributed by atoms with E-state index in [4.69, 9.17) is 0 Å². The Kier molecular flexibility index (Phi) is 5.40. The van der Waals surface area contributed by atoms with Crippen LogP contribution in [0.25, 0.3) is 5.57 Å². The number of allylic oxidation sites excluding steroid dienone is 2. The monoisotopic (exact) mass is 355 g/mol. The zero-order valence-corrected chi connectivity index (χ0v) is 15.7. The zero-order chi connectivity index (χ0) is 17.9. The van der Waals surface area contributed by atoms with Crippen molar-refractivity contribution in [3.8, 4) is 0 Å². The molecule has 0 aromatic heterocycles. The third-order valence-corrected chi connectivity index (χ3v) is 6.79. The fourth-order valence-corrected chi connectivity index (χ4v) is 4.76. The number of aryl methyl sites for hydroxylation is 1. The van der Waals surface area contributed by atoms with Crippen molar-refractivity contribution >= 4 is 15.6 Å². The average molecular weight is 356 g/mol. The van der Waals surface area contributed by atoms with Gasteiger partial charge in [-0.15, -0.1) is 0 Å². The fraction of sp³-hybridized carbons (Fsp3) is 0.333. The van der Waals surface area contributed by atoms with Gasteiger partial charge in [0.1, 0.15) is 0 Å².